The maximum Gasteiger partial charge on any atom is 0.261 e. The van der Waals surface area contributed by atoms with Crippen LogP contribution in [0.1, 0.15) is 30.1 Å². The minimum atomic E-state index is -3.91. The zero-order chi connectivity index (χ0) is 17.6. The SMILES string of the molecule is CCCCNC(=O)c1ccccc1NS(=O)(=O)c1ccc(F)cc1. The van der Waals surface area contributed by atoms with Crippen LogP contribution in [-0.2, 0) is 10.0 Å². The molecule has 2 aromatic rings. The molecule has 0 bridgehead atoms. The van der Waals surface area contributed by atoms with Crippen molar-refractivity contribution in [3.05, 3.63) is 59.9 Å². The zero-order valence-corrected chi connectivity index (χ0v) is 14.1. The summed E-state index contributed by atoms with van der Waals surface area (Å²) in [6.07, 6.45) is 1.79. The number of rotatable bonds is 7. The van der Waals surface area contributed by atoms with Gasteiger partial charge in [-0.3, -0.25) is 9.52 Å². The summed E-state index contributed by atoms with van der Waals surface area (Å²) in [5, 5.41) is 2.75. The summed E-state index contributed by atoms with van der Waals surface area (Å²) in [5.74, 6) is -0.870. The molecular weight excluding hydrogens is 331 g/mol. The minimum Gasteiger partial charge on any atom is -0.352 e. The molecule has 2 N–H and O–H groups in total. The number of benzene rings is 2. The molecule has 0 aromatic heterocycles. The maximum absolute atomic E-state index is 13.0. The van der Waals surface area contributed by atoms with Gasteiger partial charge in [0.2, 0.25) is 0 Å². The van der Waals surface area contributed by atoms with Crippen LogP contribution < -0.4 is 10.0 Å². The van der Waals surface area contributed by atoms with E-state index in [-0.39, 0.29) is 22.1 Å². The molecule has 0 fully saturated rings. The number of carbonyl (C=O) groups excluding carboxylic acids is 1. The molecule has 0 aliphatic carbocycles. The van der Waals surface area contributed by atoms with Gasteiger partial charge in [-0.05, 0) is 42.8 Å². The van der Waals surface area contributed by atoms with Crippen molar-refractivity contribution in [1.82, 2.24) is 5.32 Å². The van der Waals surface area contributed by atoms with Crippen LogP contribution in [0, 0.1) is 5.82 Å². The molecular formula is C17H19FN2O3S. The molecule has 2 aromatic carbocycles. The monoisotopic (exact) mass is 350 g/mol. The number of sulfonamides is 1. The third kappa shape index (κ3) is 4.55. The first kappa shape index (κ1) is 17.9. The highest BCUT2D eigenvalue weighted by Crippen LogP contribution is 2.20. The second kappa shape index (κ2) is 7.92. The van der Waals surface area contributed by atoms with E-state index in [4.69, 9.17) is 0 Å². The van der Waals surface area contributed by atoms with Crippen LogP contribution in [0.3, 0.4) is 0 Å². The fourth-order valence-electron chi connectivity index (χ4n) is 2.06. The average molecular weight is 350 g/mol. The summed E-state index contributed by atoms with van der Waals surface area (Å²) in [6.45, 7) is 2.53. The highest BCUT2D eigenvalue weighted by Gasteiger charge is 2.18. The lowest BCUT2D eigenvalue weighted by molar-refractivity contribution is 0.0954. The molecule has 0 heterocycles. The van der Waals surface area contributed by atoms with Crippen molar-refractivity contribution in [3.63, 3.8) is 0 Å². The Bertz CT molecular complexity index is 805. The van der Waals surface area contributed by atoms with Crippen molar-refractivity contribution in [2.45, 2.75) is 24.7 Å². The van der Waals surface area contributed by atoms with E-state index in [2.05, 4.69) is 10.0 Å². The van der Waals surface area contributed by atoms with E-state index < -0.39 is 15.8 Å². The summed E-state index contributed by atoms with van der Waals surface area (Å²) in [4.78, 5) is 12.1. The van der Waals surface area contributed by atoms with Crippen LogP contribution >= 0.6 is 0 Å². The number of carbonyl (C=O) groups is 1. The number of hydrogen-bond acceptors (Lipinski definition) is 3. The third-order valence-corrected chi connectivity index (χ3v) is 4.74. The Labute approximate surface area is 141 Å². The third-order valence-electron chi connectivity index (χ3n) is 3.36. The molecule has 2 rings (SSSR count). The van der Waals surface area contributed by atoms with Crippen molar-refractivity contribution in [2.24, 2.45) is 0 Å². The smallest absolute Gasteiger partial charge is 0.261 e. The first-order chi connectivity index (χ1) is 11.4. The van der Waals surface area contributed by atoms with Crippen molar-refractivity contribution >= 4 is 21.6 Å². The van der Waals surface area contributed by atoms with E-state index in [0.29, 0.717) is 6.54 Å². The summed E-state index contributed by atoms with van der Waals surface area (Å²) < 4.78 is 40.1. The summed E-state index contributed by atoms with van der Waals surface area (Å²) in [5.41, 5.74) is 0.412. The van der Waals surface area contributed by atoms with Crippen molar-refractivity contribution < 1.29 is 17.6 Å². The number of anilines is 1. The van der Waals surface area contributed by atoms with Gasteiger partial charge in [-0.2, -0.15) is 0 Å². The molecule has 0 saturated carbocycles. The fourth-order valence-corrected chi connectivity index (χ4v) is 3.14. The van der Waals surface area contributed by atoms with E-state index in [1.54, 1.807) is 18.2 Å². The molecule has 0 aliphatic heterocycles. The number of para-hydroxylation sites is 1. The predicted octanol–water partition coefficient (Wildman–Crippen LogP) is 3.16. The van der Waals surface area contributed by atoms with Crippen LogP contribution in [0.4, 0.5) is 10.1 Å². The molecule has 128 valence electrons. The van der Waals surface area contributed by atoms with E-state index >= 15 is 0 Å². The Morgan fingerprint density at radius 2 is 1.75 bits per heavy atom. The Morgan fingerprint density at radius 3 is 2.42 bits per heavy atom. The van der Waals surface area contributed by atoms with Gasteiger partial charge in [0.25, 0.3) is 15.9 Å². The first-order valence-corrected chi connectivity index (χ1v) is 9.08. The number of hydrogen-bond donors (Lipinski definition) is 2. The molecule has 24 heavy (non-hydrogen) atoms. The second-order valence-corrected chi connectivity index (χ2v) is 6.90. The largest absolute Gasteiger partial charge is 0.352 e. The first-order valence-electron chi connectivity index (χ1n) is 7.59. The van der Waals surface area contributed by atoms with Gasteiger partial charge in [-0.25, -0.2) is 12.8 Å². The number of unbranched alkanes of at least 4 members (excludes halogenated alkanes) is 1. The lowest BCUT2D eigenvalue weighted by atomic mass is 10.1. The van der Waals surface area contributed by atoms with Gasteiger partial charge < -0.3 is 5.32 Å². The quantitative estimate of drug-likeness (QED) is 0.753. The van der Waals surface area contributed by atoms with Gasteiger partial charge in [0, 0.05) is 6.54 Å². The van der Waals surface area contributed by atoms with Gasteiger partial charge in [0.15, 0.2) is 0 Å². The van der Waals surface area contributed by atoms with Crippen LogP contribution in [-0.4, -0.2) is 20.9 Å². The van der Waals surface area contributed by atoms with Crippen LogP contribution in [0.2, 0.25) is 0 Å². The Kier molecular flexibility index (Phi) is 5.92. The molecule has 0 unspecified atom stereocenters. The summed E-state index contributed by atoms with van der Waals surface area (Å²) in [6, 6.07) is 10.8. The standard InChI is InChI=1S/C17H19FN2O3S/c1-2-3-12-19-17(21)15-6-4-5-7-16(15)20-24(22,23)14-10-8-13(18)9-11-14/h4-11,20H,2-3,12H2,1H3,(H,19,21). The molecule has 0 atom stereocenters. The lowest BCUT2D eigenvalue weighted by Gasteiger charge is -2.12. The number of halogens is 1. The van der Waals surface area contributed by atoms with Crippen LogP contribution in [0.15, 0.2) is 53.4 Å². The van der Waals surface area contributed by atoms with Crippen molar-refractivity contribution in [3.8, 4) is 0 Å². The summed E-state index contributed by atoms with van der Waals surface area (Å²) in [7, 11) is -3.91. The minimum absolute atomic E-state index is 0.0786. The Hall–Kier alpha value is -2.41. The van der Waals surface area contributed by atoms with Gasteiger partial charge in [0.1, 0.15) is 5.82 Å². The van der Waals surface area contributed by atoms with E-state index in [1.807, 2.05) is 6.92 Å². The molecule has 0 aliphatic rings. The van der Waals surface area contributed by atoms with Gasteiger partial charge in [0.05, 0.1) is 16.1 Å². The van der Waals surface area contributed by atoms with Crippen LogP contribution in [0.5, 0.6) is 0 Å². The molecule has 7 heteroatoms. The molecule has 0 radical (unpaired) electrons. The highest BCUT2D eigenvalue weighted by atomic mass is 32.2. The van der Waals surface area contributed by atoms with E-state index in [1.165, 1.54) is 18.2 Å². The molecule has 1 amide bonds. The second-order valence-electron chi connectivity index (χ2n) is 5.21. The topological polar surface area (TPSA) is 75.3 Å². The van der Waals surface area contributed by atoms with Gasteiger partial charge in [-0.1, -0.05) is 25.5 Å². The van der Waals surface area contributed by atoms with E-state index in [9.17, 15) is 17.6 Å². The van der Waals surface area contributed by atoms with Gasteiger partial charge >= 0.3 is 0 Å². The van der Waals surface area contributed by atoms with Gasteiger partial charge in [-0.15, -0.1) is 0 Å². The number of nitrogens with one attached hydrogen (secondary N) is 2. The predicted molar refractivity (Wildman–Crippen MR) is 90.9 cm³/mol. The maximum atomic E-state index is 13.0. The highest BCUT2D eigenvalue weighted by molar-refractivity contribution is 7.92. The zero-order valence-electron chi connectivity index (χ0n) is 13.3. The molecule has 5 nitrogen and oxygen atoms in total. The normalized spacial score (nSPS) is 11.1. The summed E-state index contributed by atoms with van der Waals surface area (Å²) >= 11 is 0. The molecule has 0 spiro atoms. The van der Waals surface area contributed by atoms with Crippen molar-refractivity contribution in [1.29, 1.82) is 0 Å². The lowest BCUT2D eigenvalue weighted by Crippen LogP contribution is -2.26. The fraction of sp³-hybridized carbons (Fsp3) is 0.235. The Balaban J connectivity index is 2.23. The van der Waals surface area contributed by atoms with Crippen LogP contribution in [0.25, 0.3) is 0 Å². The molecule has 0 saturated heterocycles. The van der Waals surface area contributed by atoms with E-state index in [0.717, 1.165) is 25.0 Å². The van der Waals surface area contributed by atoms with Crippen molar-refractivity contribution in [2.75, 3.05) is 11.3 Å². The Morgan fingerprint density at radius 1 is 1.08 bits per heavy atom. The average Bonchev–Trinajstić information content (AvgIpc) is 2.55. The number of amides is 1.